The summed E-state index contributed by atoms with van der Waals surface area (Å²) < 4.78 is 5.60. The van der Waals surface area contributed by atoms with Crippen LogP contribution in [0.1, 0.15) is 39.5 Å². The predicted octanol–water partition coefficient (Wildman–Crippen LogP) is 2.83. The fourth-order valence-corrected chi connectivity index (χ4v) is 2.90. The Balaban J connectivity index is 1.84. The number of rotatable bonds is 4. The second-order valence-electron chi connectivity index (χ2n) is 5.57. The van der Waals surface area contributed by atoms with Gasteiger partial charge in [-0.3, -0.25) is 4.79 Å². The third-order valence-electron chi connectivity index (χ3n) is 3.97. The molecule has 1 amide bonds. The molecular formula is C16H24N2O2. The van der Waals surface area contributed by atoms with Crippen LogP contribution in [0.15, 0.2) is 24.3 Å². The van der Waals surface area contributed by atoms with Crippen molar-refractivity contribution in [2.24, 2.45) is 0 Å². The SMILES string of the molecule is C[C@@H]1CCC[C@H](C)N1C(=O)CCOc1ccccc1N. The maximum absolute atomic E-state index is 12.3. The summed E-state index contributed by atoms with van der Waals surface area (Å²) in [6.45, 7) is 4.64. The van der Waals surface area contributed by atoms with Crippen LogP contribution >= 0.6 is 0 Å². The number of ether oxygens (including phenoxy) is 1. The van der Waals surface area contributed by atoms with Gasteiger partial charge >= 0.3 is 0 Å². The number of carbonyl (C=O) groups is 1. The molecule has 1 fully saturated rings. The zero-order valence-corrected chi connectivity index (χ0v) is 12.3. The second kappa shape index (κ2) is 6.64. The topological polar surface area (TPSA) is 55.6 Å². The number of carbonyl (C=O) groups excluding carboxylic acids is 1. The van der Waals surface area contributed by atoms with E-state index in [0.29, 0.717) is 36.5 Å². The Bertz CT molecular complexity index is 452. The number of piperidine rings is 1. The van der Waals surface area contributed by atoms with Crippen molar-refractivity contribution in [1.82, 2.24) is 4.90 Å². The standard InChI is InChI=1S/C16H24N2O2/c1-12-6-5-7-13(2)18(12)16(19)10-11-20-15-9-4-3-8-14(15)17/h3-4,8-9,12-13H,5-7,10-11,17H2,1-2H3/t12-,13+. The lowest BCUT2D eigenvalue weighted by Crippen LogP contribution is -2.47. The van der Waals surface area contributed by atoms with Crippen LogP contribution in [0.5, 0.6) is 5.75 Å². The molecule has 1 aliphatic heterocycles. The first-order valence-corrected chi connectivity index (χ1v) is 7.38. The molecule has 4 nitrogen and oxygen atoms in total. The third-order valence-corrected chi connectivity index (χ3v) is 3.97. The van der Waals surface area contributed by atoms with Gasteiger partial charge in [0.25, 0.3) is 0 Å². The van der Waals surface area contributed by atoms with Gasteiger partial charge in [-0.15, -0.1) is 0 Å². The van der Waals surface area contributed by atoms with E-state index in [4.69, 9.17) is 10.5 Å². The zero-order chi connectivity index (χ0) is 14.5. The molecule has 110 valence electrons. The Kier molecular flexibility index (Phi) is 4.88. The summed E-state index contributed by atoms with van der Waals surface area (Å²) >= 11 is 0. The van der Waals surface area contributed by atoms with Crippen molar-refractivity contribution < 1.29 is 9.53 Å². The van der Waals surface area contributed by atoms with E-state index >= 15 is 0 Å². The van der Waals surface area contributed by atoms with Gasteiger partial charge in [0.2, 0.25) is 5.91 Å². The van der Waals surface area contributed by atoms with E-state index in [2.05, 4.69) is 13.8 Å². The third kappa shape index (κ3) is 3.44. The number of likely N-dealkylation sites (tertiary alicyclic amines) is 1. The number of nitrogens with zero attached hydrogens (tertiary/aromatic N) is 1. The fraction of sp³-hybridized carbons (Fsp3) is 0.562. The minimum absolute atomic E-state index is 0.180. The van der Waals surface area contributed by atoms with Crippen LogP contribution in [0.4, 0.5) is 5.69 Å². The Morgan fingerprint density at radius 1 is 1.30 bits per heavy atom. The number of amides is 1. The second-order valence-corrected chi connectivity index (χ2v) is 5.57. The van der Waals surface area contributed by atoms with Gasteiger partial charge in [0.05, 0.1) is 18.7 Å². The highest BCUT2D eigenvalue weighted by Crippen LogP contribution is 2.24. The van der Waals surface area contributed by atoms with E-state index in [1.807, 2.05) is 23.1 Å². The lowest BCUT2D eigenvalue weighted by molar-refractivity contribution is -0.137. The Morgan fingerprint density at radius 3 is 2.60 bits per heavy atom. The highest BCUT2D eigenvalue weighted by Gasteiger charge is 2.28. The van der Waals surface area contributed by atoms with Crippen molar-refractivity contribution in [2.45, 2.75) is 51.6 Å². The summed E-state index contributed by atoms with van der Waals surface area (Å²) in [5.41, 5.74) is 6.41. The number of hydrogen-bond acceptors (Lipinski definition) is 3. The summed E-state index contributed by atoms with van der Waals surface area (Å²) in [7, 11) is 0. The molecule has 0 bridgehead atoms. The van der Waals surface area contributed by atoms with E-state index in [-0.39, 0.29) is 5.91 Å². The molecule has 2 N–H and O–H groups in total. The van der Waals surface area contributed by atoms with Crippen LogP contribution in [0.25, 0.3) is 0 Å². The fourth-order valence-electron chi connectivity index (χ4n) is 2.90. The minimum Gasteiger partial charge on any atom is -0.491 e. The van der Waals surface area contributed by atoms with Crippen molar-refractivity contribution in [3.8, 4) is 5.75 Å². The first kappa shape index (κ1) is 14.7. The van der Waals surface area contributed by atoms with Gasteiger partial charge in [0.15, 0.2) is 0 Å². The van der Waals surface area contributed by atoms with Gasteiger partial charge in [-0.2, -0.15) is 0 Å². The van der Waals surface area contributed by atoms with Crippen LogP contribution < -0.4 is 10.5 Å². The average Bonchev–Trinajstić information content (AvgIpc) is 2.41. The summed E-state index contributed by atoms with van der Waals surface area (Å²) in [5.74, 6) is 0.833. The lowest BCUT2D eigenvalue weighted by atomic mass is 9.97. The Morgan fingerprint density at radius 2 is 1.95 bits per heavy atom. The molecule has 0 radical (unpaired) electrons. The highest BCUT2D eigenvalue weighted by molar-refractivity contribution is 5.77. The zero-order valence-electron chi connectivity index (χ0n) is 12.3. The molecule has 1 saturated heterocycles. The monoisotopic (exact) mass is 276 g/mol. The predicted molar refractivity (Wildman–Crippen MR) is 80.6 cm³/mol. The molecule has 1 aromatic carbocycles. The molecule has 1 aromatic rings. The van der Waals surface area contributed by atoms with Crippen molar-refractivity contribution in [3.63, 3.8) is 0 Å². The summed E-state index contributed by atoms with van der Waals surface area (Å²) in [6, 6.07) is 8.05. The van der Waals surface area contributed by atoms with E-state index in [1.54, 1.807) is 6.07 Å². The maximum atomic E-state index is 12.3. The molecule has 1 heterocycles. The molecule has 2 atom stereocenters. The van der Waals surface area contributed by atoms with Gasteiger partial charge in [-0.25, -0.2) is 0 Å². The average molecular weight is 276 g/mol. The molecule has 0 aliphatic carbocycles. The van der Waals surface area contributed by atoms with Crippen LogP contribution in [0.3, 0.4) is 0 Å². The smallest absolute Gasteiger partial charge is 0.226 e. The first-order chi connectivity index (χ1) is 9.59. The molecule has 2 rings (SSSR count). The summed E-state index contributed by atoms with van der Waals surface area (Å²) in [4.78, 5) is 14.3. The summed E-state index contributed by atoms with van der Waals surface area (Å²) in [6.07, 6.45) is 3.82. The number of nitrogen functional groups attached to an aromatic ring is 1. The molecular weight excluding hydrogens is 252 g/mol. The molecule has 20 heavy (non-hydrogen) atoms. The van der Waals surface area contributed by atoms with Gasteiger partial charge in [-0.05, 0) is 45.2 Å². The Hall–Kier alpha value is -1.71. The van der Waals surface area contributed by atoms with Gasteiger partial charge in [0.1, 0.15) is 5.75 Å². The van der Waals surface area contributed by atoms with Crippen LogP contribution in [0, 0.1) is 0 Å². The molecule has 0 unspecified atom stereocenters. The van der Waals surface area contributed by atoms with E-state index in [9.17, 15) is 4.79 Å². The normalized spacial score (nSPS) is 22.6. The quantitative estimate of drug-likeness (QED) is 0.860. The first-order valence-electron chi connectivity index (χ1n) is 7.38. The Labute approximate surface area is 120 Å². The summed E-state index contributed by atoms with van der Waals surface area (Å²) in [5, 5.41) is 0. The molecule has 1 aliphatic rings. The van der Waals surface area contributed by atoms with Gasteiger partial charge in [0, 0.05) is 12.1 Å². The minimum atomic E-state index is 0.180. The number of para-hydroxylation sites is 2. The van der Waals surface area contributed by atoms with Crippen molar-refractivity contribution >= 4 is 11.6 Å². The van der Waals surface area contributed by atoms with Crippen molar-refractivity contribution in [1.29, 1.82) is 0 Å². The number of benzene rings is 1. The van der Waals surface area contributed by atoms with Gasteiger partial charge < -0.3 is 15.4 Å². The van der Waals surface area contributed by atoms with Crippen LogP contribution in [-0.2, 0) is 4.79 Å². The highest BCUT2D eigenvalue weighted by atomic mass is 16.5. The van der Waals surface area contributed by atoms with Crippen molar-refractivity contribution in [3.05, 3.63) is 24.3 Å². The van der Waals surface area contributed by atoms with Crippen LogP contribution in [0.2, 0.25) is 0 Å². The van der Waals surface area contributed by atoms with E-state index in [1.165, 1.54) is 6.42 Å². The largest absolute Gasteiger partial charge is 0.491 e. The number of hydrogen-bond donors (Lipinski definition) is 1. The molecule has 0 saturated carbocycles. The van der Waals surface area contributed by atoms with Gasteiger partial charge in [-0.1, -0.05) is 12.1 Å². The van der Waals surface area contributed by atoms with E-state index in [0.717, 1.165) is 12.8 Å². The molecule has 0 spiro atoms. The maximum Gasteiger partial charge on any atom is 0.226 e. The molecule has 4 heteroatoms. The lowest BCUT2D eigenvalue weighted by Gasteiger charge is -2.39. The van der Waals surface area contributed by atoms with Crippen LogP contribution in [-0.4, -0.2) is 29.5 Å². The number of nitrogens with two attached hydrogens (primary N) is 1. The van der Waals surface area contributed by atoms with Crippen molar-refractivity contribution in [2.75, 3.05) is 12.3 Å². The number of anilines is 1. The molecule has 0 aromatic heterocycles. The van der Waals surface area contributed by atoms with E-state index < -0.39 is 0 Å².